The van der Waals surface area contributed by atoms with Gasteiger partial charge in [-0.25, -0.2) is 12.8 Å². The SMILES string of the molecule is C=CC(=O)N[C@H](CF)[C@H](OC(=O)CCC(=O)[O-])c1ccc(S(C)(=O)=O)cc1.[Na+]. The van der Waals surface area contributed by atoms with Crippen LogP contribution in [-0.2, 0) is 29.0 Å². The summed E-state index contributed by atoms with van der Waals surface area (Å²) in [6.07, 6.45) is -0.479. The van der Waals surface area contributed by atoms with Gasteiger partial charge in [0.15, 0.2) is 9.84 Å². The molecule has 0 saturated heterocycles. The van der Waals surface area contributed by atoms with Gasteiger partial charge >= 0.3 is 35.5 Å². The number of benzene rings is 1. The van der Waals surface area contributed by atoms with Gasteiger partial charge in [-0.1, -0.05) is 18.7 Å². The van der Waals surface area contributed by atoms with Crippen molar-refractivity contribution < 1.29 is 66.6 Å². The fraction of sp³-hybridized carbons (Fsp3) is 0.353. The summed E-state index contributed by atoms with van der Waals surface area (Å²) >= 11 is 0. The number of amides is 1. The second-order valence-electron chi connectivity index (χ2n) is 5.60. The number of sulfone groups is 1. The molecule has 28 heavy (non-hydrogen) atoms. The number of hydrogen-bond acceptors (Lipinski definition) is 7. The molecule has 0 aliphatic carbocycles. The third kappa shape index (κ3) is 8.51. The number of halogens is 1. The number of aliphatic carboxylic acids is 1. The summed E-state index contributed by atoms with van der Waals surface area (Å²) in [6, 6.07) is 3.84. The maximum Gasteiger partial charge on any atom is 1.00 e. The van der Waals surface area contributed by atoms with E-state index >= 15 is 0 Å². The Hall–Kier alpha value is -1.75. The first-order valence-electron chi connectivity index (χ1n) is 7.76. The van der Waals surface area contributed by atoms with Crippen molar-refractivity contribution >= 4 is 27.7 Å². The Bertz CT molecular complexity index is 811. The van der Waals surface area contributed by atoms with Gasteiger partial charge in [0.1, 0.15) is 12.8 Å². The van der Waals surface area contributed by atoms with Gasteiger partial charge in [0.25, 0.3) is 0 Å². The first-order valence-corrected chi connectivity index (χ1v) is 9.66. The Balaban J connectivity index is 0.00000729. The molecule has 0 saturated carbocycles. The summed E-state index contributed by atoms with van der Waals surface area (Å²) < 4.78 is 41.7. The fourth-order valence-corrected chi connectivity index (χ4v) is 2.76. The molecule has 0 aliphatic heterocycles. The van der Waals surface area contributed by atoms with Gasteiger partial charge in [-0.15, -0.1) is 0 Å². The molecule has 0 bridgehead atoms. The van der Waals surface area contributed by atoms with Crippen LogP contribution in [0.25, 0.3) is 0 Å². The van der Waals surface area contributed by atoms with Crippen LogP contribution in [0.3, 0.4) is 0 Å². The third-order valence-corrected chi connectivity index (χ3v) is 4.60. The normalized spacial score (nSPS) is 12.8. The summed E-state index contributed by atoms with van der Waals surface area (Å²) in [7, 11) is -3.47. The summed E-state index contributed by atoms with van der Waals surface area (Å²) in [6.45, 7) is 2.14. The van der Waals surface area contributed by atoms with Crippen LogP contribution in [0.4, 0.5) is 4.39 Å². The zero-order valence-electron chi connectivity index (χ0n) is 15.5. The van der Waals surface area contributed by atoms with E-state index in [0.717, 1.165) is 12.3 Å². The van der Waals surface area contributed by atoms with Crippen molar-refractivity contribution in [2.24, 2.45) is 0 Å². The van der Waals surface area contributed by atoms with Crippen LogP contribution in [0.1, 0.15) is 24.5 Å². The minimum Gasteiger partial charge on any atom is -0.550 e. The van der Waals surface area contributed by atoms with E-state index in [2.05, 4.69) is 11.9 Å². The van der Waals surface area contributed by atoms with E-state index in [1.54, 1.807) is 0 Å². The molecule has 1 aromatic carbocycles. The van der Waals surface area contributed by atoms with E-state index in [1.807, 2.05) is 0 Å². The maximum atomic E-state index is 13.5. The maximum absolute atomic E-state index is 13.5. The van der Waals surface area contributed by atoms with Crippen molar-refractivity contribution in [1.82, 2.24) is 5.32 Å². The summed E-state index contributed by atoms with van der Waals surface area (Å²) in [5.41, 5.74) is 0.219. The number of carbonyl (C=O) groups is 3. The Morgan fingerprint density at radius 2 is 1.82 bits per heavy atom. The zero-order valence-corrected chi connectivity index (χ0v) is 18.3. The van der Waals surface area contributed by atoms with E-state index in [1.165, 1.54) is 24.3 Å². The minimum absolute atomic E-state index is 0. The Morgan fingerprint density at radius 3 is 2.25 bits per heavy atom. The van der Waals surface area contributed by atoms with Crippen LogP contribution in [0, 0.1) is 0 Å². The number of rotatable bonds is 10. The Kier molecular flexibility index (Phi) is 11.2. The Labute approximate surface area is 184 Å². The third-order valence-electron chi connectivity index (χ3n) is 3.47. The van der Waals surface area contributed by atoms with Crippen molar-refractivity contribution in [2.45, 2.75) is 29.9 Å². The van der Waals surface area contributed by atoms with Gasteiger partial charge in [-0.3, -0.25) is 9.59 Å². The van der Waals surface area contributed by atoms with Gasteiger partial charge in [0, 0.05) is 12.2 Å². The average molecular weight is 423 g/mol. The van der Waals surface area contributed by atoms with E-state index < -0.39 is 59.3 Å². The Morgan fingerprint density at radius 1 is 1.25 bits per heavy atom. The smallest absolute Gasteiger partial charge is 0.550 e. The molecule has 8 nitrogen and oxygen atoms in total. The molecule has 1 rings (SSSR count). The molecule has 0 fully saturated rings. The molecule has 0 aliphatic rings. The molecule has 2 atom stereocenters. The standard InChI is InChI=1S/C17H20FNO7S.Na/c1-3-14(20)19-13(10-18)17(26-16(23)9-8-15(21)22)11-4-6-12(7-5-11)27(2,24)25;/h3-7,13,17H,1,8-10H2,2H3,(H,19,20)(H,21,22);/q;+1/p-1/t13-,17-;/m1./s1. The minimum atomic E-state index is -3.47. The number of hydrogen-bond donors (Lipinski definition) is 1. The van der Waals surface area contributed by atoms with Gasteiger partial charge in [0.2, 0.25) is 5.91 Å². The molecule has 11 heteroatoms. The van der Waals surface area contributed by atoms with Gasteiger partial charge in [-0.05, 0) is 30.2 Å². The number of carboxylic acids is 1. The molecule has 1 N–H and O–H groups in total. The van der Waals surface area contributed by atoms with Crippen molar-refractivity contribution in [3.63, 3.8) is 0 Å². The van der Waals surface area contributed by atoms with E-state index in [9.17, 15) is 32.3 Å². The number of ether oxygens (including phenoxy) is 1. The number of esters is 1. The first-order chi connectivity index (χ1) is 12.6. The van der Waals surface area contributed by atoms with Gasteiger partial charge < -0.3 is 20.0 Å². The second-order valence-corrected chi connectivity index (χ2v) is 7.61. The zero-order chi connectivity index (χ0) is 20.6. The average Bonchev–Trinajstić information content (AvgIpc) is 2.61. The molecule has 0 spiro atoms. The molecular formula is C17H19FNNaO7S. The van der Waals surface area contributed by atoms with Crippen LogP contribution in [0.15, 0.2) is 41.8 Å². The second kappa shape index (κ2) is 11.9. The van der Waals surface area contributed by atoms with Crippen LogP contribution >= 0.6 is 0 Å². The van der Waals surface area contributed by atoms with Crippen LogP contribution in [-0.4, -0.2) is 45.2 Å². The van der Waals surface area contributed by atoms with Crippen LogP contribution in [0.2, 0.25) is 0 Å². The van der Waals surface area contributed by atoms with Crippen molar-refractivity contribution in [3.8, 4) is 0 Å². The predicted octanol–water partition coefficient (Wildman–Crippen LogP) is -3.15. The van der Waals surface area contributed by atoms with Crippen LogP contribution < -0.4 is 40.0 Å². The van der Waals surface area contributed by atoms with Crippen molar-refractivity contribution in [1.29, 1.82) is 0 Å². The van der Waals surface area contributed by atoms with E-state index in [4.69, 9.17) is 4.74 Å². The molecule has 148 valence electrons. The molecule has 0 radical (unpaired) electrons. The monoisotopic (exact) mass is 423 g/mol. The first kappa shape index (κ1) is 26.2. The quantitative estimate of drug-likeness (QED) is 0.239. The predicted molar refractivity (Wildman–Crippen MR) is 90.7 cm³/mol. The number of alkyl halides is 1. The van der Waals surface area contributed by atoms with E-state index in [0.29, 0.717) is 0 Å². The van der Waals surface area contributed by atoms with Gasteiger partial charge in [0.05, 0.1) is 17.4 Å². The molecule has 0 aromatic heterocycles. The molecule has 1 aromatic rings. The summed E-state index contributed by atoms with van der Waals surface area (Å²) in [5.74, 6) is -3.10. The number of nitrogens with one attached hydrogen (secondary N) is 1. The van der Waals surface area contributed by atoms with Crippen molar-refractivity contribution in [2.75, 3.05) is 12.9 Å². The van der Waals surface area contributed by atoms with Gasteiger partial charge in [-0.2, -0.15) is 0 Å². The van der Waals surface area contributed by atoms with Crippen LogP contribution in [0.5, 0.6) is 0 Å². The fourth-order valence-electron chi connectivity index (χ4n) is 2.13. The number of carboxylic acid groups (broad SMARTS) is 1. The van der Waals surface area contributed by atoms with E-state index in [-0.39, 0.29) is 40.0 Å². The van der Waals surface area contributed by atoms with Crippen molar-refractivity contribution in [3.05, 3.63) is 42.5 Å². The topological polar surface area (TPSA) is 130 Å². The molecule has 1 amide bonds. The number of carbonyl (C=O) groups excluding carboxylic acids is 3. The molecule has 0 unspecified atom stereocenters. The summed E-state index contributed by atoms with van der Waals surface area (Å²) in [4.78, 5) is 33.8. The summed E-state index contributed by atoms with van der Waals surface area (Å²) in [5, 5.41) is 12.7. The molecular weight excluding hydrogens is 404 g/mol. The molecule has 0 heterocycles. The largest absolute Gasteiger partial charge is 1.00 e.